The van der Waals surface area contributed by atoms with Crippen molar-refractivity contribution < 1.29 is 14.3 Å². The molecule has 0 radical (unpaired) electrons. The van der Waals surface area contributed by atoms with Gasteiger partial charge in [0.05, 0.1) is 12.6 Å². The molecule has 0 saturated heterocycles. The van der Waals surface area contributed by atoms with Gasteiger partial charge < -0.3 is 14.5 Å². The van der Waals surface area contributed by atoms with E-state index in [1.807, 2.05) is 37.8 Å². The normalized spacial score (nSPS) is 15.7. The van der Waals surface area contributed by atoms with Crippen LogP contribution in [0.2, 0.25) is 0 Å². The zero-order valence-electron chi connectivity index (χ0n) is 20.0. The summed E-state index contributed by atoms with van der Waals surface area (Å²) in [6, 6.07) is 10.2. The minimum absolute atomic E-state index is 0.00966. The van der Waals surface area contributed by atoms with Crippen molar-refractivity contribution in [1.82, 2.24) is 9.80 Å². The van der Waals surface area contributed by atoms with Crippen molar-refractivity contribution in [3.8, 4) is 5.75 Å². The van der Waals surface area contributed by atoms with Gasteiger partial charge in [-0.25, -0.2) is 0 Å². The molecule has 0 fully saturated rings. The molecule has 2 aromatic rings. The van der Waals surface area contributed by atoms with Crippen molar-refractivity contribution in [3.05, 3.63) is 51.7 Å². The van der Waals surface area contributed by atoms with Gasteiger partial charge in [0.15, 0.2) is 0 Å². The highest BCUT2D eigenvalue weighted by atomic mass is 32.1. The van der Waals surface area contributed by atoms with Gasteiger partial charge in [-0.15, -0.1) is 11.3 Å². The van der Waals surface area contributed by atoms with Crippen LogP contribution in [0.1, 0.15) is 69.0 Å². The number of likely N-dealkylation sites (N-methyl/N-ethyl adjacent to an activating group) is 1. The van der Waals surface area contributed by atoms with Gasteiger partial charge in [-0.3, -0.25) is 9.59 Å². The van der Waals surface area contributed by atoms with Crippen molar-refractivity contribution in [2.24, 2.45) is 5.92 Å². The average Bonchev–Trinajstić information content (AvgIpc) is 3.24. The molecule has 2 amide bonds. The number of fused-ring (bicyclic) bond motifs is 1. The van der Waals surface area contributed by atoms with Crippen LogP contribution >= 0.6 is 11.3 Å². The number of nitrogens with zero attached hydrogens (tertiary/aromatic N) is 2. The molecule has 3 rings (SSSR count). The Morgan fingerprint density at radius 1 is 1.16 bits per heavy atom. The van der Waals surface area contributed by atoms with Crippen LogP contribution in [0.25, 0.3) is 0 Å². The first-order valence-electron chi connectivity index (χ1n) is 11.7. The van der Waals surface area contributed by atoms with E-state index in [1.54, 1.807) is 16.2 Å². The Bertz CT molecular complexity index is 904. The monoisotopic (exact) mass is 456 g/mol. The summed E-state index contributed by atoms with van der Waals surface area (Å²) in [5, 5.41) is 2.09. The largest absolute Gasteiger partial charge is 0.491 e. The number of carbonyl (C=O) groups is 2. The zero-order valence-corrected chi connectivity index (χ0v) is 20.8. The molecular weight excluding hydrogens is 420 g/mol. The molecular formula is C26H36N2O3S. The Balaban J connectivity index is 1.72. The Morgan fingerprint density at radius 2 is 1.88 bits per heavy atom. The average molecular weight is 457 g/mol. The second-order valence-electron chi connectivity index (χ2n) is 9.19. The number of ether oxygens (including phenoxy) is 1. The first-order chi connectivity index (χ1) is 15.3. The smallest absolute Gasteiger partial charge is 0.242 e. The maximum atomic E-state index is 13.3. The van der Waals surface area contributed by atoms with Gasteiger partial charge in [-0.2, -0.15) is 0 Å². The fraction of sp³-hybridized carbons (Fsp3) is 0.538. The van der Waals surface area contributed by atoms with E-state index in [2.05, 4.69) is 37.4 Å². The molecule has 1 aromatic heterocycles. The van der Waals surface area contributed by atoms with Gasteiger partial charge >= 0.3 is 0 Å². The third kappa shape index (κ3) is 5.91. The predicted molar refractivity (Wildman–Crippen MR) is 130 cm³/mol. The van der Waals surface area contributed by atoms with E-state index in [9.17, 15) is 9.59 Å². The van der Waals surface area contributed by atoms with Crippen molar-refractivity contribution in [3.63, 3.8) is 0 Å². The molecule has 0 saturated carbocycles. The number of rotatable bonds is 9. The van der Waals surface area contributed by atoms with Gasteiger partial charge in [0.2, 0.25) is 11.8 Å². The fourth-order valence-corrected chi connectivity index (χ4v) is 5.04. The third-order valence-electron chi connectivity index (χ3n) is 6.01. The highest BCUT2D eigenvalue weighted by Gasteiger charge is 2.33. The summed E-state index contributed by atoms with van der Waals surface area (Å²) in [5.74, 6) is 1.60. The summed E-state index contributed by atoms with van der Waals surface area (Å²) < 4.78 is 6.15. The minimum Gasteiger partial charge on any atom is -0.491 e. The van der Waals surface area contributed by atoms with E-state index < -0.39 is 0 Å². The maximum absolute atomic E-state index is 13.3. The molecule has 0 spiro atoms. The van der Waals surface area contributed by atoms with E-state index in [0.717, 1.165) is 12.2 Å². The van der Waals surface area contributed by atoms with Crippen molar-refractivity contribution in [2.75, 3.05) is 26.2 Å². The van der Waals surface area contributed by atoms with Crippen molar-refractivity contribution >= 4 is 23.2 Å². The second-order valence-corrected chi connectivity index (χ2v) is 10.2. The van der Waals surface area contributed by atoms with Gasteiger partial charge in [0.25, 0.3) is 0 Å². The predicted octanol–water partition coefficient (Wildman–Crippen LogP) is 5.27. The number of thiophene rings is 1. The molecule has 1 atom stereocenters. The number of hydrogen-bond acceptors (Lipinski definition) is 4. The number of carbonyl (C=O) groups excluding carboxylic acids is 2. The summed E-state index contributed by atoms with van der Waals surface area (Å²) in [6.07, 6.45) is 1.32. The molecule has 2 heterocycles. The summed E-state index contributed by atoms with van der Waals surface area (Å²) in [6.45, 7) is 12.1. The van der Waals surface area contributed by atoms with Crippen molar-refractivity contribution in [1.29, 1.82) is 0 Å². The molecule has 0 bridgehead atoms. The minimum atomic E-state index is -0.138. The zero-order chi connectivity index (χ0) is 23.3. The van der Waals surface area contributed by atoms with E-state index in [-0.39, 0.29) is 30.3 Å². The lowest BCUT2D eigenvalue weighted by atomic mass is 10.00. The molecule has 1 unspecified atom stereocenters. The summed E-state index contributed by atoms with van der Waals surface area (Å²) in [7, 11) is 0. The Hall–Kier alpha value is -2.34. The van der Waals surface area contributed by atoms with Gasteiger partial charge in [-0.05, 0) is 59.9 Å². The van der Waals surface area contributed by atoms with Crippen LogP contribution in [0.3, 0.4) is 0 Å². The quantitative estimate of drug-likeness (QED) is 0.516. The van der Waals surface area contributed by atoms with Crippen molar-refractivity contribution in [2.45, 2.75) is 59.4 Å². The molecule has 0 N–H and O–H groups in total. The highest BCUT2D eigenvalue weighted by Crippen LogP contribution is 2.34. The number of hydrogen-bond donors (Lipinski definition) is 0. The number of benzene rings is 1. The lowest BCUT2D eigenvalue weighted by Gasteiger charge is -2.37. The molecule has 6 heteroatoms. The standard InChI is InChI=1S/C26H36N2O3S/c1-6-27(25(29)15-18(2)3)16-26(30)28-13-11-24-22(12-14-32-24)23(28)17-31-21-9-7-20(8-10-21)19(4)5/h7-10,12,14,18-19,23H,6,11,13,15-17H2,1-5H3. The van der Waals surface area contributed by atoms with Crippen LogP contribution < -0.4 is 4.74 Å². The van der Waals surface area contributed by atoms with E-state index in [4.69, 9.17) is 4.74 Å². The Morgan fingerprint density at radius 3 is 2.50 bits per heavy atom. The molecule has 174 valence electrons. The summed E-state index contributed by atoms with van der Waals surface area (Å²) >= 11 is 1.74. The molecule has 5 nitrogen and oxygen atoms in total. The van der Waals surface area contributed by atoms with Crippen LogP contribution in [0.15, 0.2) is 35.7 Å². The van der Waals surface area contributed by atoms with Crippen LogP contribution in [0, 0.1) is 5.92 Å². The van der Waals surface area contributed by atoms with Crippen LogP contribution in [-0.2, 0) is 16.0 Å². The maximum Gasteiger partial charge on any atom is 0.242 e. The van der Waals surface area contributed by atoms with Gasteiger partial charge in [-0.1, -0.05) is 39.8 Å². The topological polar surface area (TPSA) is 49.9 Å². The Labute approximate surface area is 196 Å². The first kappa shape index (κ1) is 24.3. The van der Waals surface area contributed by atoms with Crippen LogP contribution in [0.5, 0.6) is 5.75 Å². The summed E-state index contributed by atoms with van der Waals surface area (Å²) in [4.78, 5) is 30.8. The fourth-order valence-electron chi connectivity index (χ4n) is 4.11. The van der Waals surface area contributed by atoms with Crippen LogP contribution in [0.4, 0.5) is 0 Å². The van der Waals surface area contributed by atoms with Gasteiger partial charge in [0, 0.05) is 24.4 Å². The molecule has 32 heavy (non-hydrogen) atoms. The Kier molecular flexibility index (Phi) is 8.35. The summed E-state index contributed by atoms with van der Waals surface area (Å²) in [5.41, 5.74) is 2.45. The molecule has 1 aliphatic heterocycles. The molecule has 1 aliphatic rings. The van der Waals surface area contributed by atoms with Crippen LogP contribution in [-0.4, -0.2) is 47.9 Å². The lowest BCUT2D eigenvalue weighted by Crippen LogP contribution is -2.47. The highest BCUT2D eigenvalue weighted by molar-refractivity contribution is 7.10. The SMILES string of the molecule is CCN(CC(=O)N1CCc2sccc2C1COc1ccc(C(C)C)cc1)C(=O)CC(C)C. The van der Waals surface area contributed by atoms with E-state index in [1.165, 1.54) is 16.0 Å². The van der Waals surface area contributed by atoms with E-state index >= 15 is 0 Å². The molecule has 1 aromatic carbocycles. The van der Waals surface area contributed by atoms with E-state index in [0.29, 0.717) is 32.0 Å². The third-order valence-corrected chi connectivity index (χ3v) is 7.01. The lowest BCUT2D eigenvalue weighted by molar-refractivity contribution is -0.143. The molecule has 0 aliphatic carbocycles. The number of amides is 2. The van der Waals surface area contributed by atoms with Gasteiger partial charge in [0.1, 0.15) is 12.4 Å². The second kappa shape index (κ2) is 11.0. The first-order valence-corrected chi connectivity index (χ1v) is 12.5.